The molecule has 1 aliphatic carbocycles. The number of benzene rings is 1. The van der Waals surface area contributed by atoms with E-state index in [0.29, 0.717) is 6.04 Å². The van der Waals surface area contributed by atoms with Crippen LogP contribution in [0.1, 0.15) is 46.0 Å². The summed E-state index contributed by atoms with van der Waals surface area (Å²) in [5.41, 5.74) is 0. The largest absolute Gasteiger partial charge is 0.494 e. The summed E-state index contributed by atoms with van der Waals surface area (Å²) in [6.07, 6.45) is 6.39. The lowest BCUT2D eigenvalue weighted by Crippen LogP contribution is -2.41. The van der Waals surface area contributed by atoms with Crippen LogP contribution in [0.15, 0.2) is 28.7 Å². The first-order valence-electron chi connectivity index (χ1n) is 8.30. The molecule has 0 saturated heterocycles. The maximum Gasteiger partial charge on any atom is 0.120 e. The van der Waals surface area contributed by atoms with Crippen LogP contribution >= 0.6 is 15.9 Å². The minimum Gasteiger partial charge on any atom is -0.494 e. The molecule has 2 rings (SSSR count). The molecule has 1 aromatic rings. The van der Waals surface area contributed by atoms with Gasteiger partial charge in [-0.15, -0.1) is 0 Å². The van der Waals surface area contributed by atoms with Gasteiger partial charge in [-0.05, 0) is 68.7 Å². The fraction of sp³-hybridized carbons (Fsp3) is 0.667. The Hall–Kier alpha value is -0.540. The quantitative estimate of drug-likeness (QED) is 0.742. The molecule has 0 heterocycles. The molecule has 3 unspecified atom stereocenters. The average molecular weight is 354 g/mol. The van der Waals surface area contributed by atoms with Gasteiger partial charge < -0.3 is 10.1 Å². The highest BCUT2D eigenvalue weighted by atomic mass is 79.9. The van der Waals surface area contributed by atoms with Crippen LogP contribution in [0.3, 0.4) is 0 Å². The Labute approximate surface area is 137 Å². The summed E-state index contributed by atoms with van der Waals surface area (Å²) in [6.45, 7) is 6.59. The third-order valence-corrected chi connectivity index (χ3v) is 4.95. The summed E-state index contributed by atoms with van der Waals surface area (Å²) in [5, 5.41) is 3.74. The number of halogens is 1. The minimum absolute atomic E-state index is 0.687. The van der Waals surface area contributed by atoms with Gasteiger partial charge in [-0.2, -0.15) is 0 Å². The normalized spacial score (nSPS) is 25.8. The van der Waals surface area contributed by atoms with Crippen LogP contribution in [0.4, 0.5) is 0 Å². The molecular formula is C18H28BrNO. The van der Waals surface area contributed by atoms with Crippen molar-refractivity contribution in [2.45, 2.75) is 52.0 Å². The molecule has 0 radical (unpaired) electrons. The highest BCUT2D eigenvalue weighted by molar-refractivity contribution is 9.10. The zero-order valence-corrected chi connectivity index (χ0v) is 14.9. The van der Waals surface area contributed by atoms with Gasteiger partial charge in [-0.25, -0.2) is 0 Å². The summed E-state index contributed by atoms with van der Waals surface area (Å²) >= 11 is 3.49. The average Bonchev–Trinajstić information content (AvgIpc) is 2.46. The van der Waals surface area contributed by atoms with Crippen molar-refractivity contribution in [3.05, 3.63) is 28.7 Å². The smallest absolute Gasteiger partial charge is 0.120 e. The third kappa shape index (κ3) is 5.63. The molecule has 0 aliphatic heterocycles. The van der Waals surface area contributed by atoms with E-state index in [2.05, 4.69) is 35.1 Å². The van der Waals surface area contributed by atoms with Gasteiger partial charge in [-0.3, -0.25) is 0 Å². The fourth-order valence-corrected chi connectivity index (χ4v) is 3.68. The van der Waals surface area contributed by atoms with Crippen LogP contribution in [0.5, 0.6) is 5.75 Å². The zero-order chi connectivity index (χ0) is 15.1. The third-order valence-electron chi connectivity index (χ3n) is 4.45. The van der Waals surface area contributed by atoms with Gasteiger partial charge in [0.05, 0.1) is 6.61 Å². The highest BCUT2D eigenvalue weighted by Gasteiger charge is 2.27. The lowest BCUT2D eigenvalue weighted by molar-refractivity contribution is 0.173. The fourth-order valence-electron chi connectivity index (χ4n) is 3.30. The Balaban J connectivity index is 1.80. The van der Waals surface area contributed by atoms with Gasteiger partial charge in [0.15, 0.2) is 0 Å². The molecule has 3 heteroatoms. The number of nitrogens with one attached hydrogen (secondary N) is 1. The molecule has 3 atom stereocenters. The van der Waals surface area contributed by atoms with E-state index in [1.54, 1.807) is 0 Å². The molecule has 1 aromatic carbocycles. The van der Waals surface area contributed by atoms with Crippen molar-refractivity contribution >= 4 is 15.9 Å². The molecule has 1 N–H and O–H groups in total. The molecule has 2 nitrogen and oxygen atoms in total. The van der Waals surface area contributed by atoms with Gasteiger partial charge in [0.2, 0.25) is 0 Å². The van der Waals surface area contributed by atoms with Crippen LogP contribution in [0, 0.1) is 11.8 Å². The SMILES string of the molecule is CCCNC1CCC(C)CC1CCOc1cccc(Br)c1. The Kier molecular flexibility index (Phi) is 7.05. The highest BCUT2D eigenvalue weighted by Crippen LogP contribution is 2.31. The van der Waals surface area contributed by atoms with E-state index in [1.807, 2.05) is 24.3 Å². The maximum atomic E-state index is 5.92. The van der Waals surface area contributed by atoms with E-state index < -0.39 is 0 Å². The first-order valence-corrected chi connectivity index (χ1v) is 9.10. The Bertz CT molecular complexity index is 421. The van der Waals surface area contributed by atoms with Crippen LogP contribution in [0.2, 0.25) is 0 Å². The van der Waals surface area contributed by atoms with Crippen molar-refractivity contribution in [1.29, 1.82) is 0 Å². The van der Waals surface area contributed by atoms with Crippen molar-refractivity contribution in [2.75, 3.05) is 13.2 Å². The van der Waals surface area contributed by atoms with Crippen LogP contribution in [-0.4, -0.2) is 19.2 Å². The van der Waals surface area contributed by atoms with E-state index in [4.69, 9.17) is 4.74 Å². The molecule has 0 aromatic heterocycles. The minimum atomic E-state index is 0.687. The van der Waals surface area contributed by atoms with Crippen molar-refractivity contribution in [3.8, 4) is 5.75 Å². The summed E-state index contributed by atoms with van der Waals surface area (Å²) in [7, 11) is 0. The van der Waals surface area contributed by atoms with Gasteiger partial charge in [0.25, 0.3) is 0 Å². The van der Waals surface area contributed by atoms with Gasteiger partial charge in [0, 0.05) is 10.5 Å². The zero-order valence-electron chi connectivity index (χ0n) is 13.3. The first-order chi connectivity index (χ1) is 10.2. The van der Waals surface area contributed by atoms with Crippen LogP contribution < -0.4 is 10.1 Å². The lowest BCUT2D eigenvalue weighted by atomic mass is 9.77. The van der Waals surface area contributed by atoms with Crippen LogP contribution in [-0.2, 0) is 0 Å². The summed E-state index contributed by atoms with van der Waals surface area (Å²) < 4.78 is 7.00. The monoisotopic (exact) mass is 353 g/mol. The first kappa shape index (κ1) is 16.8. The second-order valence-corrected chi connectivity index (χ2v) is 7.25. The molecule has 0 spiro atoms. The van der Waals surface area contributed by atoms with Crippen molar-refractivity contribution in [3.63, 3.8) is 0 Å². The Morgan fingerprint density at radius 1 is 1.33 bits per heavy atom. The maximum absolute atomic E-state index is 5.92. The van der Waals surface area contributed by atoms with Gasteiger partial charge in [0.1, 0.15) is 5.75 Å². The molecule has 21 heavy (non-hydrogen) atoms. The van der Waals surface area contributed by atoms with Crippen molar-refractivity contribution in [1.82, 2.24) is 5.32 Å². The van der Waals surface area contributed by atoms with E-state index in [9.17, 15) is 0 Å². The van der Waals surface area contributed by atoms with Crippen molar-refractivity contribution < 1.29 is 4.74 Å². The molecule has 1 saturated carbocycles. The Morgan fingerprint density at radius 3 is 2.95 bits per heavy atom. The predicted molar refractivity (Wildman–Crippen MR) is 92.8 cm³/mol. The summed E-state index contributed by atoms with van der Waals surface area (Å²) in [5.74, 6) is 2.58. The molecule has 1 fully saturated rings. The number of rotatable bonds is 7. The summed E-state index contributed by atoms with van der Waals surface area (Å²) in [6, 6.07) is 8.80. The standard InChI is InChI=1S/C18H28BrNO/c1-3-10-20-18-8-7-14(2)12-15(18)9-11-21-17-6-4-5-16(19)13-17/h4-6,13-15,18,20H,3,7-12H2,1-2H3. The van der Waals surface area contributed by atoms with E-state index >= 15 is 0 Å². The molecule has 1 aliphatic rings. The second-order valence-electron chi connectivity index (χ2n) is 6.33. The lowest BCUT2D eigenvalue weighted by Gasteiger charge is -2.35. The topological polar surface area (TPSA) is 21.3 Å². The molecular weight excluding hydrogens is 326 g/mol. The number of hydrogen-bond donors (Lipinski definition) is 1. The van der Waals surface area contributed by atoms with E-state index in [1.165, 1.54) is 25.7 Å². The van der Waals surface area contributed by atoms with Crippen LogP contribution in [0.25, 0.3) is 0 Å². The van der Waals surface area contributed by atoms with E-state index in [0.717, 1.165) is 41.6 Å². The van der Waals surface area contributed by atoms with Gasteiger partial charge >= 0.3 is 0 Å². The Morgan fingerprint density at radius 2 is 2.19 bits per heavy atom. The number of ether oxygens (including phenoxy) is 1. The second kappa shape index (κ2) is 8.79. The van der Waals surface area contributed by atoms with Gasteiger partial charge in [-0.1, -0.05) is 35.8 Å². The van der Waals surface area contributed by atoms with E-state index in [-0.39, 0.29) is 0 Å². The molecule has 0 amide bonds. The molecule has 0 bridgehead atoms. The summed E-state index contributed by atoms with van der Waals surface area (Å²) in [4.78, 5) is 0. The number of hydrogen-bond acceptors (Lipinski definition) is 2. The van der Waals surface area contributed by atoms with Crippen molar-refractivity contribution in [2.24, 2.45) is 11.8 Å². The predicted octanol–water partition coefficient (Wildman–Crippen LogP) is 5.02. The molecule has 118 valence electrons.